The van der Waals surface area contributed by atoms with Gasteiger partial charge in [-0.25, -0.2) is 8.78 Å². The zero-order valence-corrected chi connectivity index (χ0v) is 7.80. The van der Waals surface area contributed by atoms with E-state index in [0.29, 0.717) is 11.3 Å². The average Bonchev–Trinajstić information content (AvgIpc) is 2.17. The van der Waals surface area contributed by atoms with Gasteiger partial charge in [0, 0.05) is 18.3 Å². The molecule has 0 bridgehead atoms. The first-order valence-corrected chi connectivity index (χ1v) is 4.18. The molecule has 0 aromatic carbocycles. The number of aliphatic hydroxyl groups excluding tert-OH is 1. The van der Waals surface area contributed by atoms with Crippen LogP contribution in [0.2, 0.25) is 0 Å². The number of aliphatic hydroxyl groups is 1. The molecular formula is C9H12F2N2O. The normalized spacial score (nSPS) is 11.0. The highest BCUT2D eigenvalue weighted by atomic mass is 19.3. The number of halogens is 2. The highest BCUT2D eigenvalue weighted by Gasteiger charge is 2.16. The fourth-order valence-corrected chi connectivity index (χ4v) is 1.32. The van der Waals surface area contributed by atoms with E-state index in [4.69, 9.17) is 10.8 Å². The molecule has 1 heterocycles. The molecule has 1 aromatic rings. The van der Waals surface area contributed by atoms with Crippen molar-refractivity contribution in [1.29, 1.82) is 0 Å². The summed E-state index contributed by atoms with van der Waals surface area (Å²) >= 11 is 0. The summed E-state index contributed by atoms with van der Waals surface area (Å²) in [7, 11) is 0. The minimum atomic E-state index is -2.62. The molecule has 0 saturated heterocycles. The van der Waals surface area contributed by atoms with Crippen LogP contribution in [0.15, 0.2) is 6.20 Å². The van der Waals surface area contributed by atoms with Gasteiger partial charge in [-0.2, -0.15) is 0 Å². The largest absolute Gasteiger partial charge is 0.392 e. The first kappa shape index (κ1) is 11.0. The summed E-state index contributed by atoms with van der Waals surface area (Å²) in [6, 6.07) is 0. The number of nitrogens with zero attached hydrogens (tertiary/aromatic N) is 1. The summed E-state index contributed by atoms with van der Waals surface area (Å²) in [4.78, 5) is 3.81. The monoisotopic (exact) mass is 202 g/mol. The summed E-state index contributed by atoms with van der Waals surface area (Å²) in [5, 5.41) is 8.97. The molecule has 0 saturated carbocycles. The second kappa shape index (κ2) is 4.43. The van der Waals surface area contributed by atoms with Gasteiger partial charge in [0.05, 0.1) is 12.3 Å². The lowest BCUT2D eigenvalue weighted by molar-refractivity contribution is 0.146. The summed E-state index contributed by atoms with van der Waals surface area (Å²) in [6.45, 7) is 1.40. The molecule has 0 radical (unpaired) electrons. The Morgan fingerprint density at radius 1 is 1.57 bits per heavy atom. The van der Waals surface area contributed by atoms with Crippen LogP contribution in [0, 0.1) is 6.92 Å². The number of hydrogen-bond acceptors (Lipinski definition) is 3. The maximum absolute atomic E-state index is 12.4. The molecule has 0 aliphatic rings. The predicted molar refractivity (Wildman–Crippen MR) is 47.7 cm³/mol. The minimum Gasteiger partial charge on any atom is -0.392 e. The van der Waals surface area contributed by atoms with Crippen molar-refractivity contribution in [2.75, 3.05) is 0 Å². The van der Waals surface area contributed by atoms with Gasteiger partial charge in [0.1, 0.15) is 0 Å². The van der Waals surface area contributed by atoms with E-state index in [1.54, 1.807) is 6.92 Å². The second-order valence-electron chi connectivity index (χ2n) is 2.93. The SMILES string of the molecule is Cc1c(CN)ncc(C(F)F)c1CO. The van der Waals surface area contributed by atoms with E-state index < -0.39 is 13.0 Å². The van der Waals surface area contributed by atoms with Gasteiger partial charge >= 0.3 is 0 Å². The van der Waals surface area contributed by atoms with E-state index in [9.17, 15) is 8.78 Å². The van der Waals surface area contributed by atoms with Crippen molar-refractivity contribution in [2.24, 2.45) is 5.73 Å². The summed E-state index contributed by atoms with van der Waals surface area (Å²) in [5.74, 6) is 0. The number of rotatable bonds is 3. The molecule has 0 fully saturated rings. The van der Waals surface area contributed by atoms with E-state index in [2.05, 4.69) is 4.98 Å². The molecule has 3 nitrogen and oxygen atoms in total. The average molecular weight is 202 g/mol. The fraction of sp³-hybridized carbons (Fsp3) is 0.444. The molecular weight excluding hydrogens is 190 g/mol. The lowest BCUT2D eigenvalue weighted by Crippen LogP contribution is -2.08. The van der Waals surface area contributed by atoms with Crippen LogP contribution in [0.5, 0.6) is 0 Å². The highest BCUT2D eigenvalue weighted by Crippen LogP contribution is 2.25. The van der Waals surface area contributed by atoms with Crippen LogP contribution in [0.1, 0.15) is 28.8 Å². The molecule has 0 spiro atoms. The first-order chi connectivity index (χ1) is 6.61. The second-order valence-corrected chi connectivity index (χ2v) is 2.93. The zero-order chi connectivity index (χ0) is 10.7. The molecule has 1 rings (SSSR count). The molecule has 3 N–H and O–H groups in total. The molecule has 0 atom stereocenters. The molecule has 0 amide bonds. The van der Waals surface area contributed by atoms with Gasteiger partial charge in [0.25, 0.3) is 6.43 Å². The Morgan fingerprint density at radius 3 is 2.64 bits per heavy atom. The number of nitrogens with two attached hydrogens (primary N) is 1. The Kier molecular flexibility index (Phi) is 3.49. The third-order valence-electron chi connectivity index (χ3n) is 2.18. The standard InChI is InChI=1S/C9H12F2N2O/c1-5-7(4-14)6(9(10)11)3-13-8(5)2-12/h3,9,14H,2,4,12H2,1H3. The van der Waals surface area contributed by atoms with Crippen LogP contribution < -0.4 is 5.73 Å². The first-order valence-electron chi connectivity index (χ1n) is 4.18. The minimum absolute atomic E-state index is 0.183. The van der Waals surface area contributed by atoms with Crippen molar-refractivity contribution >= 4 is 0 Å². The van der Waals surface area contributed by atoms with Gasteiger partial charge in [-0.1, -0.05) is 0 Å². The van der Waals surface area contributed by atoms with Crippen molar-refractivity contribution in [3.63, 3.8) is 0 Å². The number of aromatic nitrogens is 1. The Labute approximate surface area is 80.6 Å². The van der Waals surface area contributed by atoms with Crippen LogP contribution in [0.3, 0.4) is 0 Å². The van der Waals surface area contributed by atoms with Crippen molar-refractivity contribution in [3.05, 3.63) is 28.6 Å². The van der Waals surface area contributed by atoms with Crippen molar-refractivity contribution < 1.29 is 13.9 Å². The van der Waals surface area contributed by atoms with Crippen LogP contribution >= 0.6 is 0 Å². The van der Waals surface area contributed by atoms with Crippen LogP contribution in [-0.2, 0) is 13.2 Å². The van der Waals surface area contributed by atoms with E-state index >= 15 is 0 Å². The Morgan fingerprint density at radius 2 is 2.21 bits per heavy atom. The molecule has 1 aromatic heterocycles. The Hall–Kier alpha value is -1.07. The zero-order valence-electron chi connectivity index (χ0n) is 7.80. The van der Waals surface area contributed by atoms with Gasteiger partial charge in [-0.15, -0.1) is 0 Å². The third-order valence-corrected chi connectivity index (χ3v) is 2.18. The number of alkyl halides is 2. The lowest BCUT2D eigenvalue weighted by atomic mass is 10.0. The summed E-state index contributed by atoms with van der Waals surface area (Å²) in [6.07, 6.45) is -1.54. The van der Waals surface area contributed by atoms with Gasteiger partial charge in [-0.3, -0.25) is 4.98 Å². The quantitative estimate of drug-likeness (QED) is 0.776. The maximum atomic E-state index is 12.4. The summed E-state index contributed by atoms with van der Waals surface area (Å²) < 4.78 is 24.9. The summed E-state index contributed by atoms with van der Waals surface area (Å²) in [5.41, 5.74) is 6.47. The van der Waals surface area contributed by atoms with E-state index in [1.807, 2.05) is 0 Å². The lowest BCUT2D eigenvalue weighted by Gasteiger charge is -2.12. The topological polar surface area (TPSA) is 59.1 Å². The van der Waals surface area contributed by atoms with E-state index in [1.165, 1.54) is 0 Å². The number of hydrogen-bond donors (Lipinski definition) is 2. The van der Waals surface area contributed by atoms with E-state index in [-0.39, 0.29) is 17.7 Å². The van der Waals surface area contributed by atoms with Crippen molar-refractivity contribution in [1.82, 2.24) is 4.98 Å². The molecule has 14 heavy (non-hydrogen) atoms. The van der Waals surface area contributed by atoms with Crippen LogP contribution in [0.4, 0.5) is 8.78 Å². The predicted octanol–water partition coefficient (Wildman–Crippen LogP) is 1.28. The van der Waals surface area contributed by atoms with Gasteiger partial charge in [-0.05, 0) is 18.1 Å². The maximum Gasteiger partial charge on any atom is 0.265 e. The van der Waals surface area contributed by atoms with Crippen molar-refractivity contribution in [3.8, 4) is 0 Å². The van der Waals surface area contributed by atoms with Crippen molar-refractivity contribution in [2.45, 2.75) is 26.5 Å². The Balaban J connectivity index is 3.28. The van der Waals surface area contributed by atoms with Crippen LogP contribution in [-0.4, -0.2) is 10.1 Å². The third kappa shape index (κ3) is 1.88. The van der Waals surface area contributed by atoms with Gasteiger partial charge < -0.3 is 10.8 Å². The van der Waals surface area contributed by atoms with Crippen LogP contribution in [0.25, 0.3) is 0 Å². The molecule has 0 unspecified atom stereocenters. The molecule has 5 heteroatoms. The highest BCUT2D eigenvalue weighted by molar-refractivity contribution is 5.35. The fourth-order valence-electron chi connectivity index (χ4n) is 1.32. The molecule has 78 valence electrons. The number of pyridine rings is 1. The van der Waals surface area contributed by atoms with E-state index in [0.717, 1.165) is 6.20 Å². The molecule has 0 aliphatic heterocycles. The van der Waals surface area contributed by atoms with Gasteiger partial charge in [0.2, 0.25) is 0 Å². The smallest absolute Gasteiger partial charge is 0.265 e. The molecule has 0 aliphatic carbocycles. The van der Waals surface area contributed by atoms with Gasteiger partial charge in [0.15, 0.2) is 0 Å². The Bertz CT molecular complexity index is 329.